The van der Waals surface area contributed by atoms with Crippen molar-refractivity contribution >= 4 is 22.7 Å². The molecule has 2 N–H and O–H groups in total. The van der Waals surface area contributed by atoms with Crippen molar-refractivity contribution in [2.45, 2.75) is 77.5 Å². The van der Waals surface area contributed by atoms with Crippen molar-refractivity contribution in [2.75, 3.05) is 24.3 Å². The Hall–Kier alpha value is -2.67. The first kappa shape index (κ1) is 22.5. The highest BCUT2D eigenvalue weighted by atomic mass is 15.3. The zero-order valence-electron chi connectivity index (χ0n) is 20.3. The molecular formula is C25H37N7. The smallest absolute Gasteiger partial charge is 0.225 e. The lowest BCUT2D eigenvalue weighted by molar-refractivity contribution is 0.336. The molecule has 3 aromatic rings. The van der Waals surface area contributed by atoms with Gasteiger partial charge in [0.1, 0.15) is 5.82 Å². The van der Waals surface area contributed by atoms with Gasteiger partial charge in [-0.05, 0) is 71.6 Å². The highest BCUT2D eigenvalue weighted by Crippen LogP contribution is 2.26. The average molecular weight is 436 g/mol. The zero-order chi connectivity index (χ0) is 22.9. The van der Waals surface area contributed by atoms with Crippen molar-refractivity contribution in [1.29, 1.82) is 0 Å². The summed E-state index contributed by atoms with van der Waals surface area (Å²) in [6.07, 6.45) is 4.51. The molecule has 1 aromatic carbocycles. The largest absolute Gasteiger partial charge is 0.362 e. The number of para-hydroxylation sites is 1. The maximum atomic E-state index is 4.80. The molecular weight excluding hydrogens is 398 g/mol. The molecule has 0 spiro atoms. The number of anilines is 2. The third-order valence-electron chi connectivity index (χ3n) is 6.21. The van der Waals surface area contributed by atoms with Crippen LogP contribution in [0.4, 0.5) is 11.8 Å². The molecule has 32 heavy (non-hydrogen) atoms. The maximum absolute atomic E-state index is 4.80. The van der Waals surface area contributed by atoms with Gasteiger partial charge >= 0.3 is 0 Å². The molecule has 0 saturated heterocycles. The number of nitrogens with one attached hydrogen (secondary N) is 2. The summed E-state index contributed by atoms with van der Waals surface area (Å²) in [7, 11) is 4.06. The molecule has 1 fully saturated rings. The van der Waals surface area contributed by atoms with E-state index in [1.165, 1.54) is 5.69 Å². The van der Waals surface area contributed by atoms with Crippen molar-refractivity contribution in [1.82, 2.24) is 25.1 Å². The van der Waals surface area contributed by atoms with Gasteiger partial charge in [0.2, 0.25) is 5.95 Å². The van der Waals surface area contributed by atoms with Crippen LogP contribution in [0.15, 0.2) is 30.3 Å². The molecule has 4 rings (SSSR count). The number of hydrogen-bond donors (Lipinski definition) is 2. The summed E-state index contributed by atoms with van der Waals surface area (Å²) in [6.45, 7) is 9.54. The first-order valence-corrected chi connectivity index (χ1v) is 11.7. The molecule has 2 heterocycles. The Balaban J connectivity index is 1.33. The Morgan fingerprint density at radius 2 is 1.72 bits per heavy atom. The molecule has 1 aliphatic rings. The molecule has 0 unspecified atom stereocenters. The standard InChI is InChI=1S/C25H37N7/c1-17-15-20(30-32(17)25(2,3)4)16-26-18-11-13-19(14-12-18)27-24-28-22-10-8-7-9-21(22)23(29-24)31(5)6/h7-10,15,18-19,26H,11-14,16H2,1-6H3,(H,27,28,29). The van der Waals surface area contributed by atoms with Crippen LogP contribution in [-0.4, -0.2) is 45.9 Å². The van der Waals surface area contributed by atoms with Crippen LogP contribution in [-0.2, 0) is 12.1 Å². The summed E-state index contributed by atoms with van der Waals surface area (Å²) < 4.78 is 2.12. The van der Waals surface area contributed by atoms with Crippen LogP contribution in [0.2, 0.25) is 0 Å². The molecule has 0 amide bonds. The third kappa shape index (κ3) is 5.04. The number of rotatable bonds is 6. The van der Waals surface area contributed by atoms with Gasteiger partial charge in [0, 0.05) is 43.8 Å². The van der Waals surface area contributed by atoms with E-state index < -0.39 is 0 Å². The average Bonchev–Trinajstić information content (AvgIpc) is 3.13. The van der Waals surface area contributed by atoms with Crippen LogP contribution in [0.25, 0.3) is 10.9 Å². The molecule has 1 aliphatic carbocycles. The Morgan fingerprint density at radius 3 is 2.38 bits per heavy atom. The first-order valence-electron chi connectivity index (χ1n) is 11.7. The summed E-state index contributed by atoms with van der Waals surface area (Å²) in [4.78, 5) is 11.6. The van der Waals surface area contributed by atoms with E-state index in [2.05, 4.69) is 66.1 Å². The van der Waals surface area contributed by atoms with Gasteiger partial charge in [-0.25, -0.2) is 4.98 Å². The highest BCUT2D eigenvalue weighted by Gasteiger charge is 2.23. The molecule has 0 bridgehead atoms. The molecule has 2 aromatic heterocycles. The van der Waals surface area contributed by atoms with E-state index in [0.717, 1.165) is 60.6 Å². The molecule has 0 aliphatic heterocycles. The van der Waals surface area contributed by atoms with Gasteiger partial charge in [0.25, 0.3) is 0 Å². The van der Waals surface area contributed by atoms with Gasteiger partial charge in [0.05, 0.1) is 16.7 Å². The van der Waals surface area contributed by atoms with Crippen LogP contribution < -0.4 is 15.5 Å². The SMILES string of the molecule is Cc1cc(CNC2CCC(Nc3nc(N(C)C)c4ccccc4n3)CC2)nn1C(C)(C)C. The van der Waals surface area contributed by atoms with Crippen LogP contribution in [0.3, 0.4) is 0 Å². The number of nitrogens with zero attached hydrogens (tertiary/aromatic N) is 5. The number of benzene rings is 1. The van der Waals surface area contributed by atoms with E-state index in [-0.39, 0.29) is 5.54 Å². The molecule has 1 saturated carbocycles. The predicted octanol–water partition coefficient (Wildman–Crippen LogP) is 4.47. The van der Waals surface area contributed by atoms with E-state index in [0.29, 0.717) is 12.1 Å². The van der Waals surface area contributed by atoms with Crippen molar-refractivity contribution in [3.8, 4) is 0 Å². The molecule has 0 radical (unpaired) electrons. The summed E-state index contributed by atoms with van der Waals surface area (Å²) >= 11 is 0. The summed E-state index contributed by atoms with van der Waals surface area (Å²) in [5.74, 6) is 1.69. The van der Waals surface area contributed by atoms with Gasteiger partial charge in [-0.3, -0.25) is 4.68 Å². The summed E-state index contributed by atoms with van der Waals surface area (Å²) in [6, 6.07) is 11.3. The van der Waals surface area contributed by atoms with Gasteiger partial charge in [-0.1, -0.05) is 12.1 Å². The van der Waals surface area contributed by atoms with E-state index in [1.807, 2.05) is 26.2 Å². The summed E-state index contributed by atoms with van der Waals surface area (Å²) in [5, 5.41) is 13.2. The fourth-order valence-electron chi connectivity index (χ4n) is 4.64. The van der Waals surface area contributed by atoms with Gasteiger partial charge in [-0.2, -0.15) is 10.1 Å². The fraction of sp³-hybridized carbons (Fsp3) is 0.560. The highest BCUT2D eigenvalue weighted by molar-refractivity contribution is 5.90. The Morgan fingerprint density at radius 1 is 1.03 bits per heavy atom. The second kappa shape index (κ2) is 9.06. The Bertz CT molecular complexity index is 1060. The molecule has 7 nitrogen and oxygen atoms in total. The van der Waals surface area contributed by atoms with E-state index in [9.17, 15) is 0 Å². The number of hydrogen-bond acceptors (Lipinski definition) is 6. The van der Waals surface area contributed by atoms with Crippen LogP contribution in [0.1, 0.15) is 57.8 Å². The molecule has 172 valence electrons. The Kier molecular flexibility index (Phi) is 6.38. The lowest BCUT2D eigenvalue weighted by Crippen LogP contribution is -2.37. The minimum absolute atomic E-state index is 0.0172. The van der Waals surface area contributed by atoms with Crippen molar-refractivity contribution in [2.24, 2.45) is 0 Å². The van der Waals surface area contributed by atoms with Crippen LogP contribution >= 0.6 is 0 Å². The fourth-order valence-corrected chi connectivity index (χ4v) is 4.64. The van der Waals surface area contributed by atoms with Crippen LogP contribution in [0.5, 0.6) is 0 Å². The third-order valence-corrected chi connectivity index (χ3v) is 6.21. The molecule has 0 atom stereocenters. The van der Waals surface area contributed by atoms with E-state index >= 15 is 0 Å². The zero-order valence-corrected chi connectivity index (χ0v) is 20.3. The monoisotopic (exact) mass is 435 g/mol. The van der Waals surface area contributed by atoms with Crippen molar-refractivity contribution < 1.29 is 0 Å². The number of aromatic nitrogens is 4. The van der Waals surface area contributed by atoms with Crippen molar-refractivity contribution in [3.63, 3.8) is 0 Å². The Labute approximate surface area is 191 Å². The summed E-state index contributed by atoms with van der Waals surface area (Å²) in [5.41, 5.74) is 3.34. The number of aryl methyl sites for hydroxylation is 1. The van der Waals surface area contributed by atoms with Crippen LogP contribution in [0, 0.1) is 6.92 Å². The quantitative estimate of drug-likeness (QED) is 0.595. The first-order chi connectivity index (χ1) is 15.2. The predicted molar refractivity (Wildman–Crippen MR) is 132 cm³/mol. The van der Waals surface area contributed by atoms with Gasteiger partial charge < -0.3 is 15.5 Å². The lowest BCUT2D eigenvalue weighted by Gasteiger charge is -2.30. The lowest BCUT2D eigenvalue weighted by atomic mass is 9.91. The minimum Gasteiger partial charge on any atom is -0.362 e. The van der Waals surface area contributed by atoms with Gasteiger partial charge in [0.15, 0.2) is 0 Å². The van der Waals surface area contributed by atoms with E-state index in [1.54, 1.807) is 0 Å². The second-order valence-electron chi connectivity index (χ2n) is 10.2. The van der Waals surface area contributed by atoms with E-state index in [4.69, 9.17) is 15.1 Å². The molecule has 7 heteroatoms. The van der Waals surface area contributed by atoms with Gasteiger partial charge in [-0.15, -0.1) is 0 Å². The second-order valence-corrected chi connectivity index (χ2v) is 10.2. The van der Waals surface area contributed by atoms with Crippen molar-refractivity contribution in [3.05, 3.63) is 41.7 Å². The normalized spacial score (nSPS) is 19.3. The number of fused-ring (bicyclic) bond motifs is 1. The maximum Gasteiger partial charge on any atom is 0.225 e. The topological polar surface area (TPSA) is 70.9 Å². The minimum atomic E-state index is 0.0172.